The third-order valence-electron chi connectivity index (χ3n) is 1.38. The van der Waals surface area contributed by atoms with Crippen molar-refractivity contribution in [3.05, 3.63) is 38.0 Å². The summed E-state index contributed by atoms with van der Waals surface area (Å²) in [6, 6.07) is 0. The van der Waals surface area contributed by atoms with Gasteiger partial charge in [-0.25, -0.2) is 9.59 Å². The van der Waals surface area contributed by atoms with Crippen LogP contribution in [0.5, 0.6) is 0 Å². The topological polar surface area (TPSA) is 147 Å². The Labute approximate surface area is 136 Å². The molecular weight excluding hydrogens is 306 g/mol. The number of rotatable bonds is 7. The summed E-state index contributed by atoms with van der Waals surface area (Å²) in [4.78, 5) is 29.1. The molecule has 0 aliphatic rings. The van der Waals surface area contributed by atoms with Gasteiger partial charge in [0.1, 0.15) is 0 Å². The van der Waals surface area contributed by atoms with Gasteiger partial charge >= 0.3 is 11.9 Å². The largest absolute Gasteiger partial charge is 0.478 e. The van der Waals surface area contributed by atoms with E-state index in [4.69, 9.17) is 15.3 Å². The van der Waals surface area contributed by atoms with Crippen LogP contribution in [0.3, 0.4) is 0 Å². The summed E-state index contributed by atoms with van der Waals surface area (Å²) < 4.78 is 4.67. The number of ether oxygens (including phenoxy) is 1. The van der Waals surface area contributed by atoms with E-state index in [1.54, 1.807) is 0 Å². The second-order valence-electron chi connectivity index (χ2n) is 3.32. The quantitative estimate of drug-likeness (QED) is 0.299. The molecule has 23 heavy (non-hydrogen) atoms. The number of unbranched alkanes of at least 4 members (excludes halogenated alkanes) is 1. The van der Waals surface area contributed by atoms with Crippen LogP contribution in [0.1, 0.15) is 19.8 Å². The molecule has 0 spiro atoms. The summed E-state index contributed by atoms with van der Waals surface area (Å²) in [5.41, 5.74) is 4.53. The second-order valence-corrected chi connectivity index (χ2v) is 3.32. The third-order valence-corrected chi connectivity index (χ3v) is 1.38. The van der Waals surface area contributed by atoms with E-state index in [1.165, 1.54) is 6.08 Å². The summed E-state index contributed by atoms with van der Waals surface area (Å²) in [6.45, 7) is 11.6. The van der Waals surface area contributed by atoms with E-state index in [2.05, 4.69) is 30.2 Å². The van der Waals surface area contributed by atoms with Gasteiger partial charge in [0.2, 0.25) is 5.91 Å². The number of amides is 1. The smallest absolute Gasteiger partial charge is 0.330 e. The molecule has 0 saturated heterocycles. The van der Waals surface area contributed by atoms with E-state index in [9.17, 15) is 14.4 Å². The highest BCUT2D eigenvalue weighted by atomic mass is 16.5. The molecule has 0 aromatic carbocycles. The fourth-order valence-electron chi connectivity index (χ4n) is 0.376. The number of hydrogen-bond donors (Lipinski definition) is 4. The number of aliphatic carboxylic acids is 1. The molecule has 0 unspecified atom stereocenters. The Hall–Kier alpha value is -2.45. The molecule has 0 saturated carbocycles. The van der Waals surface area contributed by atoms with Crippen LogP contribution in [0.2, 0.25) is 0 Å². The number of carboxylic acid groups (broad SMARTS) is 1. The standard InChI is InChI=1S/C7H12O2.C3H5NO.C3H4O2.C2H6O2/c1-3-5-6-9-7(8)4-2;2*1-2-3(4)5;3-1-2-4/h4H,2-3,5-6H2,1H3;2H,1H2,(H2,4,5);2H,1H2,(H,4,5);3-4H,1-2H2. The molecular formula is C15H27NO7. The van der Waals surface area contributed by atoms with Crippen LogP contribution in [0, 0.1) is 0 Å². The van der Waals surface area contributed by atoms with Gasteiger partial charge in [-0.2, -0.15) is 0 Å². The van der Waals surface area contributed by atoms with Gasteiger partial charge in [-0.1, -0.05) is 33.1 Å². The van der Waals surface area contributed by atoms with Crippen molar-refractivity contribution < 1.29 is 34.4 Å². The number of nitrogens with two attached hydrogens (primary N) is 1. The van der Waals surface area contributed by atoms with Crippen molar-refractivity contribution in [2.75, 3.05) is 19.8 Å². The lowest BCUT2D eigenvalue weighted by Gasteiger charge is -1.97. The Balaban J connectivity index is -0.000000112. The maximum absolute atomic E-state index is 10.3. The van der Waals surface area contributed by atoms with Crippen molar-refractivity contribution in [3.8, 4) is 0 Å². The van der Waals surface area contributed by atoms with E-state index >= 15 is 0 Å². The summed E-state index contributed by atoms with van der Waals surface area (Å²) in [5, 5.41) is 22.9. The summed E-state index contributed by atoms with van der Waals surface area (Å²) >= 11 is 0. The van der Waals surface area contributed by atoms with Gasteiger partial charge in [0.15, 0.2) is 0 Å². The normalized spacial score (nSPS) is 7.43. The number of hydrogen-bond acceptors (Lipinski definition) is 6. The lowest BCUT2D eigenvalue weighted by molar-refractivity contribution is -0.138. The Morgan fingerprint density at radius 3 is 1.61 bits per heavy atom. The van der Waals surface area contributed by atoms with Gasteiger partial charge in [0.05, 0.1) is 19.8 Å². The van der Waals surface area contributed by atoms with Crippen LogP contribution >= 0.6 is 0 Å². The van der Waals surface area contributed by atoms with Gasteiger partial charge in [0.25, 0.3) is 0 Å². The minimum absolute atomic E-state index is 0.125. The van der Waals surface area contributed by atoms with Crippen molar-refractivity contribution in [1.29, 1.82) is 0 Å². The molecule has 0 aliphatic carbocycles. The highest BCUT2D eigenvalue weighted by molar-refractivity contribution is 5.85. The van der Waals surface area contributed by atoms with E-state index in [0.29, 0.717) is 6.61 Å². The molecule has 0 rings (SSSR count). The number of aliphatic hydroxyl groups is 2. The van der Waals surface area contributed by atoms with Crippen LogP contribution in [0.4, 0.5) is 0 Å². The van der Waals surface area contributed by atoms with Crippen LogP contribution in [-0.2, 0) is 19.1 Å². The predicted molar refractivity (Wildman–Crippen MR) is 87.5 cm³/mol. The molecule has 0 fully saturated rings. The van der Waals surface area contributed by atoms with Crippen molar-refractivity contribution in [3.63, 3.8) is 0 Å². The molecule has 5 N–H and O–H groups in total. The van der Waals surface area contributed by atoms with Crippen molar-refractivity contribution in [2.24, 2.45) is 5.73 Å². The highest BCUT2D eigenvalue weighted by Crippen LogP contribution is 1.88. The van der Waals surface area contributed by atoms with Crippen LogP contribution in [-0.4, -0.2) is 53.0 Å². The van der Waals surface area contributed by atoms with Gasteiger partial charge in [-0.15, -0.1) is 0 Å². The first-order chi connectivity index (χ1) is 10.8. The molecule has 0 heterocycles. The van der Waals surface area contributed by atoms with E-state index in [-0.39, 0.29) is 19.2 Å². The minimum Gasteiger partial charge on any atom is -0.478 e. The zero-order chi connectivity index (χ0) is 19.1. The third kappa shape index (κ3) is 66.0. The summed E-state index contributed by atoms with van der Waals surface area (Å²) in [7, 11) is 0. The number of carbonyl (C=O) groups is 3. The Morgan fingerprint density at radius 2 is 1.43 bits per heavy atom. The molecule has 134 valence electrons. The van der Waals surface area contributed by atoms with Crippen LogP contribution in [0.15, 0.2) is 38.0 Å². The van der Waals surface area contributed by atoms with E-state index < -0.39 is 11.9 Å². The Bertz CT molecular complexity index is 321. The summed E-state index contributed by atoms with van der Waals surface area (Å²) in [6.07, 6.45) is 5.04. The Kier molecular flexibility index (Phi) is 34.7. The number of carbonyl (C=O) groups excluding carboxylic acids is 2. The van der Waals surface area contributed by atoms with E-state index in [0.717, 1.165) is 25.0 Å². The average Bonchev–Trinajstić information content (AvgIpc) is 2.56. The highest BCUT2D eigenvalue weighted by Gasteiger charge is 1.91. The molecule has 0 radical (unpaired) electrons. The summed E-state index contributed by atoms with van der Waals surface area (Å²) in [5.74, 6) is -1.79. The second kappa shape index (κ2) is 27.8. The molecule has 0 aromatic heterocycles. The zero-order valence-electron chi connectivity index (χ0n) is 13.4. The molecule has 0 bridgehead atoms. The number of primary amides is 1. The lowest BCUT2D eigenvalue weighted by atomic mass is 10.4. The van der Waals surface area contributed by atoms with Crippen molar-refractivity contribution >= 4 is 17.8 Å². The van der Waals surface area contributed by atoms with E-state index in [1.807, 2.05) is 6.92 Å². The number of aliphatic hydroxyl groups excluding tert-OH is 2. The van der Waals surface area contributed by atoms with Gasteiger partial charge < -0.3 is 25.8 Å². The average molecular weight is 333 g/mol. The fraction of sp³-hybridized carbons (Fsp3) is 0.400. The van der Waals surface area contributed by atoms with Gasteiger partial charge in [-0.3, -0.25) is 4.79 Å². The van der Waals surface area contributed by atoms with Gasteiger partial charge in [-0.05, 0) is 12.5 Å². The first-order valence-corrected chi connectivity index (χ1v) is 6.55. The maximum Gasteiger partial charge on any atom is 0.330 e. The van der Waals surface area contributed by atoms with Crippen LogP contribution in [0.25, 0.3) is 0 Å². The Morgan fingerprint density at radius 1 is 1.04 bits per heavy atom. The number of esters is 1. The minimum atomic E-state index is -0.981. The molecule has 1 amide bonds. The molecule has 8 heteroatoms. The first-order valence-electron chi connectivity index (χ1n) is 6.55. The SMILES string of the molecule is C=CC(=O)O.C=CC(=O)OCCCC.C=CC(N)=O.OCCO. The molecule has 0 aliphatic heterocycles. The monoisotopic (exact) mass is 333 g/mol. The predicted octanol–water partition coefficient (Wildman–Crippen LogP) is 0.401. The van der Waals surface area contributed by atoms with Crippen molar-refractivity contribution in [2.45, 2.75) is 19.8 Å². The zero-order valence-corrected chi connectivity index (χ0v) is 13.4. The maximum atomic E-state index is 10.3. The number of carboxylic acids is 1. The van der Waals surface area contributed by atoms with Gasteiger partial charge in [0, 0.05) is 12.2 Å². The molecule has 8 nitrogen and oxygen atoms in total. The first kappa shape index (κ1) is 28.7. The van der Waals surface area contributed by atoms with Crippen LogP contribution < -0.4 is 5.73 Å². The molecule has 0 atom stereocenters. The fourth-order valence-corrected chi connectivity index (χ4v) is 0.376. The molecule has 0 aromatic rings. The lowest BCUT2D eigenvalue weighted by Crippen LogP contribution is -2.04. The van der Waals surface area contributed by atoms with Crippen molar-refractivity contribution in [1.82, 2.24) is 0 Å².